The standard InChI is InChI=1S/C14H13F3IN3/c1-2-3-10-11(18)12(19)21-13(20-10)8-4-6-9(7-5-8)14(15,16)17/h4-7H,2-3H2,1H3,(H2,19,20,21). The quantitative estimate of drug-likeness (QED) is 0.773. The van der Waals surface area contributed by atoms with E-state index in [4.69, 9.17) is 5.73 Å². The summed E-state index contributed by atoms with van der Waals surface area (Å²) in [4.78, 5) is 8.56. The van der Waals surface area contributed by atoms with Gasteiger partial charge in [-0.25, -0.2) is 9.97 Å². The summed E-state index contributed by atoms with van der Waals surface area (Å²) >= 11 is 2.08. The maximum Gasteiger partial charge on any atom is 0.416 e. The second-order valence-corrected chi connectivity index (χ2v) is 5.60. The van der Waals surface area contributed by atoms with Crippen LogP contribution in [0.2, 0.25) is 0 Å². The van der Waals surface area contributed by atoms with Gasteiger partial charge in [-0.3, -0.25) is 0 Å². The molecule has 3 nitrogen and oxygen atoms in total. The average molecular weight is 407 g/mol. The van der Waals surface area contributed by atoms with Crippen LogP contribution in [0.15, 0.2) is 24.3 Å². The van der Waals surface area contributed by atoms with Crippen LogP contribution in [0.5, 0.6) is 0 Å². The smallest absolute Gasteiger partial charge is 0.383 e. The summed E-state index contributed by atoms with van der Waals surface area (Å²) in [5, 5.41) is 0. The van der Waals surface area contributed by atoms with E-state index < -0.39 is 11.7 Å². The van der Waals surface area contributed by atoms with Crippen molar-refractivity contribution in [3.63, 3.8) is 0 Å². The van der Waals surface area contributed by atoms with E-state index >= 15 is 0 Å². The van der Waals surface area contributed by atoms with Crippen LogP contribution in [0.3, 0.4) is 0 Å². The lowest BCUT2D eigenvalue weighted by molar-refractivity contribution is -0.137. The number of hydrogen-bond donors (Lipinski definition) is 1. The Morgan fingerprint density at radius 3 is 2.29 bits per heavy atom. The minimum atomic E-state index is -4.35. The van der Waals surface area contributed by atoms with E-state index in [0.29, 0.717) is 17.2 Å². The van der Waals surface area contributed by atoms with Gasteiger partial charge in [0.2, 0.25) is 0 Å². The van der Waals surface area contributed by atoms with Crippen LogP contribution in [-0.2, 0) is 12.6 Å². The summed E-state index contributed by atoms with van der Waals surface area (Å²) in [7, 11) is 0. The number of anilines is 1. The summed E-state index contributed by atoms with van der Waals surface area (Å²) in [6, 6.07) is 4.76. The number of nitrogens with two attached hydrogens (primary N) is 1. The number of aromatic nitrogens is 2. The van der Waals surface area contributed by atoms with Crippen molar-refractivity contribution >= 4 is 28.4 Å². The van der Waals surface area contributed by atoms with Gasteiger partial charge >= 0.3 is 6.18 Å². The molecule has 2 N–H and O–H groups in total. The third kappa shape index (κ3) is 3.63. The number of nitrogens with zero attached hydrogens (tertiary/aromatic N) is 2. The van der Waals surface area contributed by atoms with Crippen LogP contribution in [0.25, 0.3) is 11.4 Å². The van der Waals surface area contributed by atoms with Gasteiger partial charge in [0.05, 0.1) is 14.8 Å². The minimum absolute atomic E-state index is 0.351. The number of nitrogen functional groups attached to an aromatic ring is 1. The second kappa shape index (κ2) is 6.17. The lowest BCUT2D eigenvalue weighted by Gasteiger charge is -2.10. The highest BCUT2D eigenvalue weighted by Crippen LogP contribution is 2.31. The van der Waals surface area contributed by atoms with Gasteiger partial charge in [0.25, 0.3) is 0 Å². The van der Waals surface area contributed by atoms with Crippen molar-refractivity contribution in [3.05, 3.63) is 39.1 Å². The van der Waals surface area contributed by atoms with E-state index in [1.807, 2.05) is 6.92 Å². The van der Waals surface area contributed by atoms with Crippen molar-refractivity contribution in [1.82, 2.24) is 9.97 Å². The fourth-order valence-electron chi connectivity index (χ4n) is 1.85. The third-order valence-corrected chi connectivity index (χ3v) is 4.08. The molecule has 0 spiro atoms. The van der Waals surface area contributed by atoms with Crippen molar-refractivity contribution in [2.45, 2.75) is 25.9 Å². The predicted octanol–water partition coefficient (Wildman–Crippen LogP) is 4.30. The largest absolute Gasteiger partial charge is 0.416 e. The number of halogens is 4. The molecule has 0 fully saturated rings. The molecule has 7 heteroatoms. The van der Waals surface area contributed by atoms with Gasteiger partial charge in [-0.1, -0.05) is 25.5 Å². The first kappa shape index (κ1) is 16.0. The number of alkyl halides is 3. The van der Waals surface area contributed by atoms with Crippen molar-refractivity contribution in [1.29, 1.82) is 0 Å². The fraction of sp³-hybridized carbons (Fsp3) is 0.286. The highest BCUT2D eigenvalue weighted by Gasteiger charge is 2.30. The molecule has 0 saturated heterocycles. The second-order valence-electron chi connectivity index (χ2n) is 4.52. The molecule has 0 aliphatic rings. The first-order chi connectivity index (χ1) is 9.82. The van der Waals surface area contributed by atoms with Gasteiger partial charge in [-0.2, -0.15) is 13.2 Å². The first-order valence-electron chi connectivity index (χ1n) is 6.32. The highest BCUT2D eigenvalue weighted by atomic mass is 127. The highest BCUT2D eigenvalue weighted by molar-refractivity contribution is 14.1. The Balaban J connectivity index is 2.42. The molecule has 0 saturated carbocycles. The first-order valence-corrected chi connectivity index (χ1v) is 7.40. The van der Waals surface area contributed by atoms with Gasteiger partial charge in [0, 0.05) is 5.56 Å². The van der Waals surface area contributed by atoms with Gasteiger partial charge in [0.15, 0.2) is 5.82 Å². The molecule has 0 amide bonds. The zero-order valence-electron chi connectivity index (χ0n) is 11.2. The fourth-order valence-corrected chi connectivity index (χ4v) is 2.36. The van der Waals surface area contributed by atoms with Gasteiger partial charge in [-0.15, -0.1) is 0 Å². The van der Waals surface area contributed by atoms with E-state index in [-0.39, 0.29) is 0 Å². The molecular formula is C14H13F3IN3. The van der Waals surface area contributed by atoms with Gasteiger partial charge in [-0.05, 0) is 41.1 Å². The Morgan fingerprint density at radius 1 is 1.14 bits per heavy atom. The van der Waals surface area contributed by atoms with Crippen molar-refractivity contribution in [2.75, 3.05) is 5.73 Å². The zero-order valence-corrected chi connectivity index (χ0v) is 13.4. The van der Waals surface area contributed by atoms with E-state index in [1.165, 1.54) is 12.1 Å². The number of benzene rings is 1. The van der Waals surface area contributed by atoms with Crippen molar-refractivity contribution in [2.24, 2.45) is 0 Å². The van der Waals surface area contributed by atoms with Crippen LogP contribution < -0.4 is 5.73 Å². The van der Waals surface area contributed by atoms with Crippen LogP contribution >= 0.6 is 22.6 Å². The molecule has 0 aliphatic heterocycles. The van der Waals surface area contributed by atoms with Crippen LogP contribution in [0.4, 0.5) is 19.0 Å². The molecule has 21 heavy (non-hydrogen) atoms. The molecule has 1 heterocycles. The normalized spacial score (nSPS) is 11.7. The molecule has 2 rings (SSSR count). The molecule has 0 unspecified atom stereocenters. The Hall–Kier alpha value is -1.38. The minimum Gasteiger partial charge on any atom is -0.383 e. The van der Waals surface area contributed by atoms with Crippen LogP contribution in [0, 0.1) is 3.57 Å². The predicted molar refractivity (Wildman–Crippen MR) is 83.6 cm³/mol. The lowest BCUT2D eigenvalue weighted by Crippen LogP contribution is -2.06. The monoisotopic (exact) mass is 407 g/mol. The SMILES string of the molecule is CCCc1nc(-c2ccc(C(F)(F)F)cc2)nc(N)c1I. The van der Waals surface area contributed by atoms with E-state index in [2.05, 4.69) is 32.6 Å². The molecule has 0 aliphatic carbocycles. The van der Waals surface area contributed by atoms with Crippen molar-refractivity contribution in [3.8, 4) is 11.4 Å². The maximum atomic E-state index is 12.6. The number of rotatable bonds is 3. The molecule has 2 aromatic rings. The summed E-state index contributed by atoms with van der Waals surface area (Å²) in [6.07, 6.45) is -2.70. The van der Waals surface area contributed by atoms with E-state index in [1.54, 1.807) is 0 Å². The molecule has 0 atom stereocenters. The lowest BCUT2D eigenvalue weighted by atomic mass is 10.1. The Bertz CT molecular complexity index is 639. The van der Waals surface area contributed by atoms with Crippen molar-refractivity contribution < 1.29 is 13.2 Å². The van der Waals surface area contributed by atoms with E-state index in [0.717, 1.165) is 34.2 Å². The van der Waals surface area contributed by atoms with E-state index in [9.17, 15) is 13.2 Å². The maximum absolute atomic E-state index is 12.6. The summed E-state index contributed by atoms with van der Waals surface area (Å²) < 4.78 is 38.5. The van der Waals surface area contributed by atoms with Crippen LogP contribution in [0.1, 0.15) is 24.6 Å². The molecule has 1 aromatic heterocycles. The number of hydrogen-bond acceptors (Lipinski definition) is 3. The topological polar surface area (TPSA) is 51.8 Å². The average Bonchev–Trinajstić information content (AvgIpc) is 2.43. The third-order valence-electron chi connectivity index (χ3n) is 2.90. The Kier molecular flexibility index (Phi) is 4.70. The molecule has 112 valence electrons. The van der Waals surface area contributed by atoms with Gasteiger partial charge < -0.3 is 5.73 Å². The summed E-state index contributed by atoms with van der Waals surface area (Å²) in [5.74, 6) is 0.703. The number of aryl methyl sites for hydroxylation is 1. The van der Waals surface area contributed by atoms with Crippen LogP contribution in [-0.4, -0.2) is 9.97 Å². The molecule has 1 aromatic carbocycles. The Morgan fingerprint density at radius 2 is 1.76 bits per heavy atom. The molecule has 0 radical (unpaired) electrons. The zero-order chi connectivity index (χ0) is 15.6. The summed E-state index contributed by atoms with van der Waals surface area (Å²) in [6.45, 7) is 2.02. The molecular weight excluding hydrogens is 394 g/mol. The molecule has 0 bridgehead atoms. The Labute approximate surface area is 133 Å². The summed E-state index contributed by atoms with van der Waals surface area (Å²) in [5.41, 5.74) is 6.49. The van der Waals surface area contributed by atoms with Gasteiger partial charge in [0.1, 0.15) is 5.82 Å².